The number of hydrogen-bond acceptors (Lipinski definition) is 1. The maximum absolute atomic E-state index is 13.4. The van der Waals surface area contributed by atoms with Crippen molar-refractivity contribution in [2.45, 2.75) is 56.8 Å². The maximum atomic E-state index is 13.4. The first-order valence-corrected chi connectivity index (χ1v) is 4.62. The van der Waals surface area contributed by atoms with Crippen molar-refractivity contribution in [3.63, 3.8) is 0 Å². The maximum Gasteiger partial charge on any atom is 0.118 e. The van der Waals surface area contributed by atoms with Crippen LogP contribution in [0.25, 0.3) is 0 Å². The van der Waals surface area contributed by atoms with Gasteiger partial charge in [-0.3, -0.25) is 0 Å². The summed E-state index contributed by atoms with van der Waals surface area (Å²) in [6, 6.07) is 0.612. The number of fused-ring (bicyclic) bond motifs is 2. The fourth-order valence-corrected chi connectivity index (χ4v) is 2.46. The van der Waals surface area contributed by atoms with Gasteiger partial charge < -0.3 is 5.32 Å². The Morgan fingerprint density at radius 2 is 2.18 bits per heavy atom. The SMILES string of the molecule is C[C@]12CCC[C@H](CC[C@H]1F)N2. The molecule has 3 atom stereocenters. The van der Waals surface area contributed by atoms with E-state index in [9.17, 15) is 4.39 Å². The van der Waals surface area contributed by atoms with Gasteiger partial charge in [0.2, 0.25) is 0 Å². The van der Waals surface area contributed by atoms with Crippen molar-refractivity contribution in [3.8, 4) is 0 Å². The van der Waals surface area contributed by atoms with Crippen molar-refractivity contribution in [2.75, 3.05) is 0 Å². The lowest BCUT2D eigenvalue weighted by molar-refractivity contribution is 0.0587. The van der Waals surface area contributed by atoms with Gasteiger partial charge in [0.25, 0.3) is 0 Å². The first kappa shape index (κ1) is 7.53. The molecule has 2 aliphatic rings. The second-order valence-corrected chi connectivity index (χ2v) is 4.20. The van der Waals surface area contributed by atoms with Crippen molar-refractivity contribution in [1.29, 1.82) is 0 Å². The fourth-order valence-electron chi connectivity index (χ4n) is 2.46. The summed E-state index contributed by atoms with van der Waals surface area (Å²) in [6.45, 7) is 2.03. The summed E-state index contributed by atoms with van der Waals surface area (Å²) in [7, 11) is 0. The standard InChI is InChI=1S/C9H16FN/c1-9-6-2-3-7(11-9)4-5-8(9)10/h7-8,11H,2-6H2,1H3/t7-,8-,9+/m1/s1. The number of hydrogen-bond donors (Lipinski definition) is 1. The molecule has 1 N–H and O–H groups in total. The van der Waals surface area contributed by atoms with E-state index in [1.165, 1.54) is 12.8 Å². The Kier molecular flexibility index (Phi) is 1.67. The molecule has 2 aliphatic heterocycles. The van der Waals surface area contributed by atoms with Crippen LogP contribution in [-0.4, -0.2) is 17.8 Å². The van der Waals surface area contributed by atoms with Crippen LogP contribution in [0.4, 0.5) is 4.39 Å². The Bertz CT molecular complexity index is 160. The molecule has 0 aromatic heterocycles. The van der Waals surface area contributed by atoms with Crippen molar-refractivity contribution in [2.24, 2.45) is 0 Å². The van der Waals surface area contributed by atoms with E-state index >= 15 is 0 Å². The molecule has 0 spiro atoms. The lowest BCUT2D eigenvalue weighted by atomic mass is 9.76. The molecule has 0 radical (unpaired) electrons. The normalized spacial score (nSPS) is 50.7. The lowest BCUT2D eigenvalue weighted by Gasteiger charge is -2.46. The molecule has 0 saturated carbocycles. The molecule has 11 heavy (non-hydrogen) atoms. The largest absolute Gasteiger partial charge is 0.306 e. The van der Waals surface area contributed by atoms with Gasteiger partial charge in [-0.2, -0.15) is 0 Å². The highest BCUT2D eigenvalue weighted by Crippen LogP contribution is 2.35. The number of rotatable bonds is 0. The number of alkyl halides is 1. The molecule has 0 amide bonds. The van der Waals surface area contributed by atoms with Gasteiger partial charge in [0.1, 0.15) is 6.17 Å². The molecule has 64 valence electrons. The summed E-state index contributed by atoms with van der Waals surface area (Å²) in [5.74, 6) is 0. The summed E-state index contributed by atoms with van der Waals surface area (Å²) >= 11 is 0. The van der Waals surface area contributed by atoms with Gasteiger partial charge in [0.15, 0.2) is 0 Å². The topological polar surface area (TPSA) is 12.0 Å². The highest BCUT2D eigenvalue weighted by molar-refractivity contribution is 5.00. The summed E-state index contributed by atoms with van der Waals surface area (Å²) in [6.07, 6.45) is 4.67. The van der Waals surface area contributed by atoms with E-state index < -0.39 is 6.17 Å². The Morgan fingerprint density at radius 3 is 2.91 bits per heavy atom. The minimum atomic E-state index is -0.612. The molecule has 0 aromatic rings. The van der Waals surface area contributed by atoms with Crippen molar-refractivity contribution in [1.82, 2.24) is 5.32 Å². The van der Waals surface area contributed by atoms with Crippen LogP contribution < -0.4 is 5.32 Å². The highest BCUT2D eigenvalue weighted by Gasteiger charge is 2.42. The van der Waals surface area contributed by atoms with Gasteiger partial charge in [-0.05, 0) is 39.0 Å². The van der Waals surface area contributed by atoms with Gasteiger partial charge >= 0.3 is 0 Å². The van der Waals surface area contributed by atoms with E-state index in [2.05, 4.69) is 5.32 Å². The van der Waals surface area contributed by atoms with Crippen molar-refractivity contribution < 1.29 is 4.39 Å². The molecule has 0 aliphatic carbocycles. The third kappa shape index (κ3) is 1.18. The van der Waals surface area contributed by atoms with Gasteiger partial charge in [-0.1, -0.05) is 0 Å². The zero-order valence-corrected chi connectivity index (χ0v) is 7.07. The molecule has 2 saturated heterocycles. The van der Waals surface area contributed by atoms with E-state index in [0.717, 1.165) is 19.3 Å². The molecule has 0 aromatic carbocycles. The number of halogens is 1. The van der Waals surface area contributed by atoms with Crippen LogP contribution in [0.5, 0.6) is 0 Å². The van der Waals surface area contributed by atoms with E-state index in [0.29, 0.717) is 6.04 Å². The first-order valence-electron chi connectivity index (χ1n) is 4.62. The smallest absolute Gasteiger partial charge is 0.118 e. The van der Waals surface area contributed by atoms with Crippen LogP contribution in [0.2, 0.25) is 0 Å². The average Bonchev–Trinajstić information content (AvgIpc) is 1.98. The van der Waals surface area contributed by atoms with Gasteiger partial charge in [0.05, 0.1) is 0 Å². The molecule has 2 heterocycles. The predicted molar refractivity (Wildman–Crippen MR) is 43.3 cm³/mol. The number of piperidine rings is 2. The zero-order chi connectivity index (χ0) is 7.90. The lowest BCUT2D eigenvalue weighted by Crippen LogP contribution is -2.60. The Labute approximate surface area is 67.4 Å². The van der Waals surface area contributed by atoms with Crippen LogP contribution in [-0.2, 0) is 0 Å². The van der Waals surface area contributed by atoms with Crippen molar-refractivity contribution in [3.05, 3.63) is 0 Å². The Morgan fingerprint density at radius 1 is 1.36 bits per heavy atom. The Balaban J connectivity index is 2.13. The van der Waals surface area contributed by atoms with Gasteiger partial charge in [-0.25, -0.2) is 4.39 Å². The third-order valence-corrected chi connectivity index (χ3v) is 3.24. The molecular formula is C9H16FN. The molecule has 1 nitrogen and oxygen atoms in total. The van der Waals surface area contributed by atoms with E-state index in [4.69, 9.17) is 0 Å². The molecule has 2 rings (SSSR count). The average molecular weight is 157 g/mol. The highest BCUT2D eigenvalue weighted by atomic mass is 19.1. The van der Waals surface area contributed by atoms with Crippen LogP contribution in [0.15, 0.2) is 0 Å². The minimum absolute atomic E-state index is 0.179. The predicted octanol–water partition coefficient (Wildman–Crippen LogP) is 2.02. The third-order valence-electron chi connectivity index (χ3n) is 3.24. The summed E-state index contributed by atoms with van der Waals surface area (Å²) in [4.78, 5) is 0. The minimum Gasteiger partial charge on any atom is -0.306 e. The zero-order valence-electron chi connectivity index (χ0n) is 7.07. The molecule has 2 fully saturated rings. The monoisotopic (exact) mass is 157 g/mol. The quantitative estimate of drug-likeness (QED) is 0.567. The second-order valence-electron chi connectivity index (χ2n) is 4.20. The van der Waals surface area contributed by atoms with E-state index in [1.807, 2.05) is 6.92 Å². The summed E-state index contributed by atoms with van der Waals surface area (Å²) < 4.78 is 13.4. The first-order chi connectivity index (χ1) is 5.21. The van der Waals surface area contributed by atoms with Crippen molar-refractivity contribution >= 4 is 0 Å². The molecular weight excluding hydrogens is 141 g/mol. The molecule has 0 unspecified atom stereocenters. The van der Waals surface area contributed by atoms with Gasteiger partial charge in [-0.15, -0.1) is 0 Å². The van der Waals surface area contributed by atoms with E-state index in [1.54, 1.807) is 0 Å². The van der Waals surface area contributed by atoms with Crippen LogP contribution >= 0.6 is 0 Å². The Hall–Kier alpha value is -0.110. The van der Waals surface area contributed by atoms with Gasteiger partial charge in [0, 0.05) is 11.6 Å². The summed E-state index contributed by atoms with van der Waals surface area (Å²) in [5, 5.41) is 3.40. The fraction of sp³-hybridized carbons (Fsp3) is 1.00. The van der Waals surface area contributed by atoms with Crippen LogP contribution in [0.1, 0.15) is 39.0 Å². The van der Waals surface area contributed by atoms with E-state index in [-0.39, 0.29) is 5.54 Å². The summed E-state index contributed by atoms with van der Waals surface area (Å²) in [5.41, 5.74) is -0.179. The molecule has 2 heteroatoms. The van der Waals surface area contributed by atoms with Crippen LogP contribution in [0, 0.1) is 0 Å². The second kappa shape index (κ2) is 2.44. The number of nitrogens with one attached hydrogen (secondary N) is 1. The van der Waals surface area contributed by atoms with Crippen LogP contribution in [0.3, 0.4) is 0 Å². The molecule has 2 bridgehead atoms.